The van der Waals surface area contributed by atoms with Crippen molar-refractivity contribution in [3.63, 3.8) is 0 Å². The minimum absolute atomic E-state index is 0.0922. The average Bonchev–Trinajstić information content (AvgIpc) is 2.35. The molecule has 0 fully saturated rings. The van der Waals surface area contributed by atoms with Gasteiger partial charge in [0, 0.05) is 0 Å². The van der Waals surface area contributed by atoms with Crippen molar-refractivity contribution in [3.05, 3.63) is 17.8 Å². The van der Waals surface area contributed by atoms with E-state index >= 15 is 0 Å². The van der Waals surface area contributed by atoms with Crippen LogP contribution in [0.1, 0.15) is 10.4 Å². The quantitative estimate of drug-likeness (QED) is 0.496. The molecule has 5 N–H and O–H groups in total. The van der Waals surface area contributed by atoms with Crippen molar-refractivity contribution in [2.45, 2.75) is 0 Å². The van der Waals surface area contributed by atoms with Gasteiger partial charge in [0.25, 0.3) is 0 Å². The van der Waals surface area contributed by atoms with Crippen molar-refractivity contribution >= 4 is 23.6 Å². The molecule has 0 spiro atoms. The van der Waals surface area contributed by atoms with Crippen molar-refractivity contribution < 1.29 is 19.1 Å². The van der Waals surface area contributed by atoms with E-state index in [0.29, 0.717) is 12.4 Å². The summed E-state index contributed by atoms with van der Waals surface area (Å²) in [5, 5.41) is 2.84. The standard InChI is InChI=1S/C10H14N4O4/c1-17-9(15)6-4-8(14-5-7(6)11)13-2-3-18-10(12)16/h4-5H,2-3,11H2,1H3,(H2,12,16)(H,13,14). The molecule has 1 heterocycles. The van der Waals surface area contributed by atoms with Gasteiger partial charge in [-0.2, -0.15) is 0 Å². The van der Waals surface area contributed by atoms with Gasteiger partial charge in [0.15, 0.2) is 0 Å². The van der Waals surface area contributed by atoms with Gasteiger partial charge >= 0.3 is 12.1 Å². The number of aromatic nitrogens is 1. The molecule has 0 radical (unpaired) electrons. The van der Waals surface area contributed by atoms with Crippen molar-refractivity contribution in [2.75, 3.05) is 31.3 Å². The molecule has 8 heteroatoms. The van der Waals surface area contributed by atoms with Crippen LogP contribution in [-0.4, -0.2) is 37.3 Å². The van der Waals surface area contributed by atoms with Crippen LogP contribution < -0.4 is 16.8 Å². The second-order valence-electron chi connectivity index (χ2n) is 3.24. The lowest BCUT2D eigenvalue weighted by atomic mass is 10.2. The van der Waals surface area contributed by atoms with Crippen LogP contribution in [0.5, 0.6) is 0 Å². The predicted octanol–water partition coefficient (Wildman–Crippen LogP) is -0.0424. The Morgan fingerprint density at radius 3 is 2.83 bits per heavy atom. The zero-order valence-corrected chi connectivity index (χ0v) is 9.80. The Hall–Kier alpha value is -2.51. The van der Waals surface area contributed by atoms with E-state index in [1.807, 2.05) is 0 Å². The number of carbonyl (C=O) groups is 2. The summed E-state index contributed by atoms with van der Waals surface area (Å²) < 4.78 is 9.09. The summed E-state index contributed by atoms with van der Waals surface area (Å²) in [6, 6.07) is 1.45. The van der Waals surface area contributed by atoms with E-state index in [1.165, 1.54) is 19.4 Å². The van der Waals surface area contributed by atoms with E-state index in [4.69, 9.17) is 11.5 Å². The van der Waals surface area contributed by atoms with Gasteiger partial charge in [0.1, 0.15) is 12.4 Å². The van der Waals surface area contributed by atoms with Gasteiger partial charge < -0.3 is 26.3 Å². The van der Waals surface area contributed by atoms with Crippen LogP contribution in [0, 0.1) is 0 Å². The largest absolute Gasteiger partial charge is 0.465 e. The number of hydrogen-bond acceptors (Lipinski definition) is 7. The first kappa shape index (κ1) is 13.6. The fourth-order valence-electron chi connectivity index (χ4n) is 1.18. The number of hydrogen-bond donors (Lipinski definition) is 3. The Morgan fingerprint density at radius 2 is 2.22 bits per heavy atom. The molecule has 1 aromatic heterocycles. The van der Waals surface area contributed by atoms with E-state index < -0.39 is 12.1 Å². The Kier molecular flexibility index (Phi) is 4.73. The molecule has 18 heavy (non-hydrogen) atoms. The summed E-state index contributed by atoms with van der Waals surface area (Å²) in [6.45, 7) is 0.398. The fraction of sp³-hybridized carbons (Fsp3) is 0.300. The zero-order valence-electron chi connectivity index (χ0n) is 9.80. The Morgan fingerprint density at radius 1 is 1.50 bits per heavy atom. The first-order valence-corrected chi connectivity index (χ1v) is 5.04. The highest BCUT2D eigenvalue weighted by Gasteiger charge is 2.11. The summed E-state index contributed by atoms with van der Waals surface area (Å²) in [6.07, 6.45) is 0.487. The molecule has 98 valence electrons. The van der Waals surface area contributed by atoms with Gasteiger partial charge in [-0.3, -0.25) is 0 Å². The normalized spacial score (nSPS) is 9.61. The maximum absolute atomic E-state index is 11.4. The highest BCUT2D eigenvalue weighted by atomic mass is 16.5. The highest BCUT2D eigenvalue weighted by molar-refractivity contribution is 5.95. The zero-order chi connectivity index (χ0) is 13.5. The summed E-state index contributed by atoms with van der Waals surface area (Å²) in [7, 11) is 1.26. The number of pyridine rings is 1. The van der Waals surface area contributed by atoms with Crippen LogP contribution in [-0.2, 0) is 9.47 Å². The van der Waals surface area contributed by atoms with E-state index in [9.17, 15) is 9.59 Å². The van der Waals surface area contributed by atoms with E-state index in [0.717, 1.165) is 0 Å². The van der Waals surface area contributed by atoms with Crippen molar-refractivity contribution in [1.29, 1.82) is 0 Å². The van der Waals surface area contributed by atoms with Crippen molar-refractivity contribution in [2.24, 2.45) is 5.73 Å². The SMILES string of the molecule is COC(=O)c1cc(NCCOC(N)=O)ncc1N. The number of nitrogens with one attached hydrogen (secondary N) is 1. The third kappa shape index (κ3) is 3.81. The molecule has 0 atom stereocenters. The summed E-state index contributed by atoms with van der Waals surface area (Å²) in [5.74, 6) is -0.135. The predicted molar refractivity (Wildman–Crippen MR) is 64.0 cm³/mol. The lowest BCUT2D eigenvalue weighted by Gasteiger charge is -2.08. The number of anilines is 2. The van der Waals surface area contributed by atoms with E-state index in [-0.39, 0.29) is 17.9 Å². The number of ether oxygens (including phenoxy) is 2. The molecular weight excluding hydrogens is 240 g/mol. The average molecular weight is 254 g/mol. The van der Waals surface area contributed by atoms with Crippen LogP contribution in [0.15, 0.2) is 12.3 Å². The van der Waals surface area contributed by atoms with Gasteiger partial charge in [-0.25, -0.2) is 14.6 Å². The molecule has 0 aliphatic rings. The first-order valence-electron chi connectivity index (χ1n) is 5.04. The van der Waals surface area contributed by atoms with Crippen LogP contribution in [0.3, 0.4) is 0 Å². The molecule has 0 aromatic carbocycles. The van der Waals surface area contributed by atoms with E-state index in [1.54, 1.807) is 0 Å². The number of nitrogens with zero attached hydrogens (tertiary/aromatic N) is 1. The molecule has 1 amide bonds. The first-order chi connectivity index (χ1) is 8.54. The van der Waals surface area contributed by atoms with Crippen molar-refractivity contribution in [3.8, 4) is 0 Å². The van der Waals surface area contributed by atoms with Gasteiger partial charge in [-0.15, -0.1) is 0 Å². The van der Waals surface area contributed by atoms with Crippen LogP contribution in [0.25, 0.3) is 0 Å². The number of primary amides is 1. The van der Waals surface area contributed by atoms with E-state index in [2.05, 4.69) is 19.8 Å². The minimum atomic E-state index is -0.850. The maximum Gasteiger partial charge on any atom is 0.404 e. The maximum atomic E-state index is 11.4. The molecular formula is C10H14N4O4. The van der Waals surface area contributed by atoms with Crippen LogP contribution in [0.4, 0.5) is 16.3 Å². The molecule has 0 aliphatic carbocycles. The van der Waals surface area contributed by atoms with Gasteiger partial charge in [0.2, 0.25) is 0 Å². The number of amides is 1. The number of methoxy groups -OCH3 is 1. The molecule has 0 unspecified atom stereocenters. The lowest BCUT2D eigenvalue weighted by molar-refractivity contribution is 0.0602. The Bertz CT molecular complexity index is 450. The van der Waals surface area contributed by atoms with Gasteiger partial charge in [0.05, 0.1) is 31.1 Å². The van der Waals surface area contributed by atoms with Crippen molar-refractivity contribution in [1.82, 2.24) is 4.98 Å². The molecule has 0 saturated heterocycles. The number of nitrogen functional groups attached to an aromatic ring is 1. The molecule has 0 bridgehead atoms. The molecule has 1 aromatic rings. The topological polar surface area (TPSA) is 130 Å². The molecule has 1 rings (SSSR count). The monoisotopic (exact) mass is 254 g/mol. The molecule has 8 nitrogen and oxygen atoms in total. The van der Waals surface area contributed by atoms with Gasteiger partial charge in [-0.05, 0) is 6.07 Å². The Labute approximate surface area is 103 Å². The number of carbonyl (C=O) groups excluding carboxylic acids is 2. The third-order valence-corrected chi connectivity index (χ3v) is 1.99. The second kappa shape index (κ2) is 6.28. The summed E-state index contributed by atoms with van der Waals surface area (Å²) in [4.78, 5) is 25.6. The lowest BCUT2D eigenvalue weighted by Crippen LogP contribution is -2.19. The smallest absolute Gasteiger partial charge is 0.404 e. The van der Waals surface area contributed by atoms with Crippen LogP contribution in [0.2, 0.25) is 0 Å². The molecule has 0 aliphatic heterocycles. The van der Waals surface area contributed by atoms with Crippen LogP contribution >= 0.6 is 0 Å². The minimum Gasteiger partial charge on any atom is -0.465 e. The Balaban J connectivity index is 2.62. The summed E-state index contributed by atoms with van der Waals surface area (Å²) in [5.41, 5.74) is 10.8. The number of rotatable bonds is 5. The highest BCUT2D eigenvalue weighted by Crippen LogP contribution is 2.15. The summed E-state index contributed by atoms with van der Waals surface area (Å²) >= 11 is 0. The van der Waals surface area contributed by atoms with Gasteiger partial charge in [-0.1, -0.05) is 0 Å². The fourth-order valence-corrected chi connectivity index (χ4v) is 1.18. The third-order valence-electron chi connectivity index (χ3n) is 1.99. The number of esters is 1. The number of nitrogens with two attached hydrogens (primary N) is 2. The second-order valence-corrected chi connectivity index (χ2v) is 3.24. The molecule has 0 saturated carbocycles.